The summed E-state index contributed by atoms with van der Waals surface area (Å²) in [5.74, 6) is 1.88. The fraction of sp³-hybridized carbons (Fsp3) is 0.421. The molecule has 0 atom stereocenters. The van der Waals surface area contributed by atoms with E-state index >= 15 is 0 Å². The number of carbonyl (C=O) groups is 2. The molecule has 0 radical (unpaired) electrons. The summed E-state index contributed by atoms with van der Waals surface area (Å²) in [5.41, 5.74) is 5.49. The molecule has 4 rings (SSSR count). The van der Waals surface area contributed by atoms with Crippen molar-refractivity contribution in [3.8, 4) is 0 Å². The highest BCUT2D eigenvalue weighted by Crippen LogP contribution is 2.25. The summed E-state index contributed by atoms with van der Waals surface area (Å²) >= 11 is 5.80. The molecule has 0 aliphatic carbocycles. The van der Waals surface area contributed by atoms with Crippen LogP contribution in [0, 0.1) is 24.7 Å². The molecular formula is C38H55ClN10O2. The van der Waals surface area contributed by atoms with Gasteiger partial charge in [-0.3, -0.25) is 9.59 Å². The van der Waals surface area contributed by atoms with Crippen molar-refractivity contribution in [1.29, 1.82) is 0 Å². The summed E-state index contributed by atoms with van der Waals surface area (Å²) in [5, 5.41) is 15.1. The molecule has 276 valence electrons. The van der Waals surface area contributed by atoms with Gasteiger partial charge in [0.1, 0.15) is 35.3 Å². The lowest BCUT2D eigenvalue weighted by atomic mass is 9.96. The number of halogens is 1. The lowest BCUT2D eigenvalue weighted by molar-refractivity contribution is 0.0955. The van der Waals surface area contributed by atoms with Crippen molar-refractivity contribution >= 4 is 52.2 Å². The van der Waals surface area contributed by atoms with Crippen molar-refractivity contribution in [2.45, 2.75) is 55.4 Å². The van der Waals surface area contributed by atoms with Crippen molar-refractivity contribution in [3.63, 3.8) is 0 Å². The smallest absolute Gasteiger partial charge is 0.251 e. The third-order valence-electron chi connectivity index (χ3n) is 7.08. The predicted molar refractivity (Wildman–Crippen MR) is 211 cm³/mol. The van der Waals surface area contributed by atoms with Gasteiger partial charge in [0.05, 0.1) is 0 Å². The molecule has 0 spiro atoms. The number of hydrogen-bond acceptors (Lipinski definition) is 10. The van der Waals surface area contributed by atoms with E-state index < -0.39 is 0 Å². The second-order valence-electron chi connectivity index (χ2n) is 14.5. The molecule has 4 aromatic rings. The van der Waals surface area contributed by atoms with E-state index in [1.807, 2.05) is 58.3 Å². The zero-order valence-corrected chi connectivity index (χ0v) is 32.9. The second kappa shape index (κ2) is 19.5. The number of nitrogens with zero attached hydrogens (tertiary/aromatic N) is 5. The molecule has 5 N–H and O–H groups in total. The van der Waals surface area contributed by atoms with Crippen LogP contribution in [-0.2, 0) is 0 Å². The predicted octanol–water partition coefficient (Wildman–Crippen LogP) is 7.16. The lowest BCUT2D eigenvalue weighted by Crippen LogP contribution is -2.29. The van der Waals surface area contributed by atoms with Gasteiger partial charge >= 0.3 is 0 Å². The van der Waals surface area contributed by atoms with Crippen LogP contribution >= 0.6 is 11.6 Å². The highest BCUT2D eigenvalue weighted by molar-refractivity contribution is 6.29. The Kier molecular flexibility index (Phi) is 16.2. The largest absolute Gasteiger partial charge is 0.359 e. The van der Waals surface area contributed by atoms with Gasteiger partial charge in [0.25, 0.3) is 11.8 Å². The van der Waals surface area contributed by atoms with E-state index in [0.717, 1.165) is 41.4 Å². The number of carbonyl (C=O) groups excluding carboxylic acids is 2. The van der Waals surface area contributed by atoms with E-state index in [-0.39, 0.29) is 17.2 Å². The molecule has 0 saturated heterocycles. The fourth-order valence-electron chi connectivity index (χ4n) is 4.71. The number of rotatable bonds is 9. The van der Waals surface area contributed by atoms with Gasteiger partial charge in [0.2, 0.25) is 0 Å². The van der Waals surface area contributed by atoms with Gasteiger partial charge in [-0.15, -0.1) is 0 Å². The van der Waals surface area contributed by atoms with Crippen LogP contribution in [0.4, 0.5) is 28.8 Å². The minimum absolute atomic E-state index is 0.115. The Morgan fingerprint density at radius 3 is 1.55 bits per heavy atom. The minimum atomic E-state index is -0.135. The van der Waals surface area contributed by atoms with Crippen molar-refractivity contribution in [2.24, 2.45) is 10.8 Å². The minimum Gasteiger partial charge on any atom is -0.359 e. The van der Waals surface area contributed by atoms with Crippen LogP contribution < -0.4 is 31.5 Å². The molecule has 13 heteroatoms. The average Bonchev–Trinajstić information content (AvgIpc) is 3.05. The molecule has 51 heavy (non-hydrogen) atoms. The van der Waals surface area contributed by atoms with Crippen molar-refractivity contribution < 1.29 is 9.59 Å². The van der Waals surface area contributed by atoms with Gasteiger partial charge in [0.15, 0.2) is 0 Å². The number of aromatic nitrogens is 4. The van der Waals surface area contributed by atoms with Crippen molar-refractivity contribution in [1.82, 2.24) is 35.9 Å². The number of anilines is 5. The summed E-state index contributed by atoms with van der Waals surface area (Å²) in [4.78, 5) is 42.1. The Labute approximate surface area is 308 Å². The maximum atomic E-state index is 11.8. The molecule has 2 aromatic heterocycles. The number of benzene rings is 2. The van der Waals surface area contributed by atoms with E-state index in [1.165, 1.54) is 6.33 Å². The summed E-state index contributed by atoms with van der Waals surface area (Å²) in [6, 6.07) is 14.5. The number of aryl methyl sites for hydroxylation is 2. The third kappa shape index (κ3) is 15.3. The first-order chi connectivity index (χ1) is 23.8. The van der Waals surface area contributed by atoms with E-state index in [0.29, 0.717) is 33.3 Å². The summed E-state index contributed by atoms with van der Waals surface area (Å²) in [7, 11) is 7.22. The molecule has 2 heterocycles. The summed E-state index contributed by atoms with van der Waals surface area (Å²) in [6.07, 6.45) is 2.93. The van der Waals surface area contributed by atoms with Crippen LogP contribution in [0.1, 0.15) is 73.4 Å². The van der Waals surface area contributed by atoms with Crippen molar-refractivity contribution in [3.05, 3.63) is 88.6 Å². The number of nitrogens with one attached hydrogen (secondary N) is 5. The van der Waals surface area contributed by atoms with Gasteiger partial charge < -0.3 is 31.5 Å². The van der Waals surface area contributed by atoms with Crippen LogP contribution in [0.3, 0.4) is 0 Å². The molecule has 0 fully saturated rings. The maximum absolute atomic E-state index is 11.8. The molecule has 12 nitrogen and oxygen atoms in total. The average molecular weight is 719 g/mol. The molecule has 2 aromatic carbocycles. The summed E-state index contributed by atoms with van der Waals surface area (Å²) < 4.78 is 0. The standard InChI is InChI=1S/C19H27N5O.C13H13ClN4O.C6H15N/c1-13-7-8-14(18(25)20-5)9-15(13)23-16-10-17(22-12-21-16)24(6)11-19(2,3)4;1-8-3-4-9(13(19)15-2)5-10(8)18-12-6-11(14)16-7-17-12;1-6(2,3)5-7-4/h7-10,12H,11H2,1-6H3,(H,20,25)(H,21,22,23);3-7H,1-2H3,(H,15,19)(H,16,17,18);7H,5H2,1-4H3. The van der Waals surface area contributed by atoms with Crippen LogP contribution in [0.2, 0.25) is 5.15 Å². The Morgan fingerprint density at radius 2 is 1.16 bits per heavy atom. The SMILES string of the molecule is CNC(=O)c1ccc(C)c(Nc2cc(Cl)ncn2)c1.CNC(=O)c1ccc(C)c(Nc2cc(N(C)CC(C)(C)C)ncn2)c1.CNCC(C)(C)C. The molecular weight excluding hydrogens is 664 g/mol. The van der Waals surface area contributed by atoms with Crippen LogP contribution in [-0.4, -0.2) is 73.0 Å². The van der Waals surface area contributed by atoms with Gasteiger partial charge in [-0.25, -0.2) is 19.9 Å². The lowest BCUT2D eigenvalue weighted by Gasteiger charge is -2.27. The number of amides is 2. The Bertz CT molecular complexity index is 1730. The first kappa shape index (κ1) is 42.4. The Morgan fingerprint density at radius 1 is 0.686 bits per heavy atom. The number of hydrogen-bond donors (Lipinski definition) is 5. The van der Waals surface area contributed by atoms with Crippen LogP contribution in [0.5, 0.6) is 0 Å². The molecule has 0 aliphatic rings. The zero-order valence-electron chi connectivity index (χ0n) is 32.1. The Hall–Kier alpha value is -4.81. The van der Waals surface area contributed by atoms with Gasteiger partial charge in [-0.1, -0.05) is 65.3 Å². The molecule has 0 bridgehead atoms. The van der Waals surface area contributed by atoms with Gasteiger partial charge in [-0.05, 0) is 73.7 Å². The first-order valence-corrected chi connectivity index (χ1v) is 17.1. The highest BCUT2D eigenvalue weighted by Gasteiger charge is 2.16. The zero-order chi connectivity index (χ0) is 38.4. The fourth-order valence-corrected chi connectivity index (χ4v) is 4.86. The van der Waals surface area contributed by atoms with E-state index in [9.17, 15) is 9.59 Å². The normalized spacial score (nSPS) is 10.8. The van der Waals surface area contributed by atoms with Crippen LogP contribution in [0.25, 0.3) is 0 Å². The van der Waals surface area contributed by atoms with E-state index in [4.69, 9.17) is 11.6 Å². The van der Waals surface area contributed by atoms with Gasteiger partial charge in [-0.2, -0.15) is 0 Å². The molecule has 0 unspecified atom stereocenters. The van der Waals surface area contributed by atoms with E-state index in [1.54, 1.807) is 38.6 Å². The molecule has 2 amide bonds. The Balaban J connectivity index is 0.000000305. The first-order valence-electron chi connectivity index (χ1n) is 16.7. The quantitative estimate of drug-likeness (QED) is 0.113. The topological polar surface area (TPSA) is 149 Å². The van der Waals surface area contributed by atoms with E-state index in [2.05, 4.69) is 93.0 Å². The van der Waals surface area contributed by atoms with Crippen molar-refractivity contribution in [2.75, 3.05) is 56.8 Å². The maximum Gasteiger partial charge on any atom is 0.251 e. The third-order valence-corrected chi connectivity index (χ3v) is 7.28. The molecule has 0 aliphatic heterocycles. The van der Waals surface area contributed by atoms with Gasteiger partial charge in [0, 0.05) is 62.3 Å². The molecule has 0 saturated carbocycles. The highest BCUT2D eigenvalue weighted by atomic mass is 35.5. The summed E-state index contributed by atoms with van der Waals surface area (Å²) in [6.45, 7) is 19.1. The monoisotopic (exact) mass is 718 g/mol. The second-order valence-corrected chi connectivity index (χ2v) is 14.9. The van der Waals surface area contributed by atoms with Crippen LogP contribution in [0.15, 0.2) is 61.2 Å².